The summed E-state index contributed by atoms with van der Waals surface area (Å²) in [5, 5.41) is 3.69. The summed E-state index contributed by atoms with van der Waals surface area (Å²) < 4.78 is 5.69. The van der Waals surface area contributed by atoms with Crippen LogP contribution in [0.3, 0.4) is 0 Å². The van der Waals surface area contributed by atoms with Gasteiger partial charge in [-0.05, 0) is 36.0 Å². The Morgan fingerprint density at radius 3 is 2.81 bits per heavy atom. The summed E-state index contributed by atoms with van der Waals surface area (Å²) in [5.74, 6) is -0.302. The van der Waals surface area contributed by atoms with Gasteiger partial charge in [0, 0.05) is 17.1 Å². The van der Waals surface area contributed by atoms with Gasteiger partial charge in [-0.1, -0.05) is 48.7 Å². The molecule has 1 aromatic rings. The molecule has 1 saturated carbocycles. The van der Waals surface area contributed by atoms with Crippen molar-refractivity contribution in [3.05, 3.63) is 33.8 Å². The lowest BCUT2D eigenvalue weighted by Crippen LogP contribution is -2.43. The average molecular weight is 354 g/mol. The van der Waals surface area contributed by atoms with Gasteiger partial charge >= 0.3 is 5.97 Å². The minimum atomic E-state index is -0.302. The first-order valence-corrected chi connectivity index (χ1v) is 8.33. The van der Waals surface area contributed by atoms with Crippen LogP contribution < -0.4 is 5.32 Å². The van der Waals surface area contributed by atoms with Crippen molar-refractivity contribution in [2.75, 3.05) is 7.11 Å². The van der Waals surface area contributed by atoms with E-state index < -0.39 is 0 Å². The van der Waals surface area contributed by atoms with Crippen molar-refractivity contribution in [2.24, 2.45) is 5.41 Å². The highest BCUT2D eigenvalue weighted by molar-refractivity contribution is 9.10. The molecule has 0 bridgehead atoms. The molecule has 21 heavy (non-hydrogen) atoms. The van der Waals surface area contributed by atoms with Gasteiger partial charge in [-0.15, -0.1) is 0 Å². The van der Waals surface area contributed by atoms with Crippen molar-refractivity contribution < 1.29 is 9.53 Å². The largest absolute Gasteiger partial charge is 0.465 e. The van der Waals surface area contributed by atoms with E-state index in [1.54, 1.807) is 0 Å². The summed E-state index contributed by atoms with van der Waals surface area (Å²) in [6.07, 6.45) is 5.17. The fourth-order valence-electron chi connectivity index (χ4n) is 3.04. The number of halogens is 1. The number of ether oxygens (including phenoxy) is 1. The normalized spacial score (nSPS) is 21.0. The van der Waals surface area contributed by atoms with Crippen LogP contribution in [0.25, 0.3) is 0 Å². The quantitative estimate of drug-likeness (QED) is 0.820. The number of nitrogens with one attached hydrogen (secondary N) is 1. The second kappa shape index (κ2) is 6.93. The molecule has 2 rings (SSSR count). The van der Waals surface area contributed by atoms with Gasteiger partial charge < -0.3 is 10.1 Å². The first-order valence-electron chi connectivity index (χ1n) is 7.54. The zero-order chi connectivity index (χ0) is 15.5. The first-order chi connectivity index (χ1) is 9.94. The van der Waals surface area contributed by atoms with Gasteiger partial charge in [-0.2, -0.15) is 0 Å². The lowest BCUT2D eigenvalue weighted by atomic mass is 9.73. The number of hydrogen-bond acceptors (Lipinski definition) is 3. The van der Waals surface area contributed by atoms with E-state index in [1.807, 2.05) is 18.2 Å². The zero-order valence-corrected chi connectivity index (χ0v) is 14.6. The maximum atomic E-state index is 11.5. The smallest absolute Gasteiger partial charge is 0.337 e. The van der Waals surface area contributed by atoms with Crippen LogP contribution in [-0.4, -0.2) is 19.1 Å². The summed E-state index contributed by atoms with van der Waals surface area (Å²) in [5.41, 5.74) is 2.10. The first kappa shape index (κ1) is 16.5. The van der Waals surface area contributed by atoms with Gasteiger partial charge in [-0.3, -0.25) is 0 Å². The maximum absolute atomic E-state index is 11.5. The molecular weight excluding hydrogens is 330 g/mol. The number of benzene rings is 1. The third-order valence-corrected chi connectivity index (χ3v) is 5.26. The molecule has 1 fully saturated rings. The van der Waals surface area contributed by atoms with Gasteiger partial charge in [0.2, 0.25) is 0 Å². The molecule has 1 N–H and O–H groups in total. The number of hydrogen-bond donors (Lipinski definition) is 1. The Hall–Kier alpha value is -0.870. The second-order valence-electron chi connectivity index (χ2n) is 6.47. The van der Waals surface area contributed by atoms with Crippen molar-refractivity contribution in [2.45, 2.75) is 52.1 Å². The van der Waals surface area contributed by atoms with Gasteiger partial charge in [0.25, 0.3) is 0 Å². The summed E-state index contributed by atoms with van der Waals surface area (Å²) in [6, 6.07) is 6.19. The molecule has 0 spiro atoms. The van der Waals surface area contributed by atoms with Crippen molar-refractivity contribution in [1.82, 2.24) is 5.32 Å². The molecule has 1 aliphatic rings. The van der Waals surface area contributed by atoms with Crippen LogP contribution in [0.2, 0.25) is 0 Å². The van der Waals surface area contributed by atoms with Crippen LogP contribution in [0.5, 0.6) is 0 Å². The molecule has 116 valence electrons. The van der Waals surface area contributed by atoms with Crippen LogP contribution >= 0.6 is 15.9 Å². The second-order valence-corrected chi connectivity index (χ2v) is 7.32. The van der Waals surface area contributed by atoms with Crippen LogP contribution in [0.4, 0.5) is 0 Å². The third-order valence-electron chi connectivity index (χ3n) is 4.52. The molecule has 0 saturated heterocycles. The lowest BCUT2D eigenvalue weighted by molar-refractivity contribution is 0.0600. The van der Waals surface area contributed by atoms with Gasteiger partial charge in [-0.25, -0.2) is 4.79 Å². The molecule has 1 atom stereocenters. The highest BCUT2D eigenvalue weighted by Crippen LogP contribution is 2.35. The van der Waals surface area contributed by atoms with Crippen LogP contribution in [0, 0.1) is 5.41 Å². The van der Waals surface area contributed by atoms with E-state index in [-0.39, 0.29) is 5.97 Å². The molecule has 0 aromatic heterocycles. The Morgan fingerprint density at radius 1 is 1.43 bits per heavy atom. The number of carbonyl (C=O) groups excluding carboxylic acids is 1. The predicted molar refractivity (Wildman–Crippen MR) is 88.4 cm³/mol. The summed E-state index contributed by atoms with van der Waals surface area (Å²) in [7, 11) is 1.40. The Morgan fingerprint density at radius 2 is 2.19 bits per heavy atom. The Balaban J connectivity index is 2.01. The molecule has 1 aromatic carbocycles. The zero-order valence-electron chi connectivity index (χ0n) is 13.0. The molecule has 0 amide bonds. The van der Waals surface area contributed by atoms with E-state index >= 15 is 0 Å². The van der Waals surface area contributed by atoms with Crippen molar-refractivity contribution >= 4 is 21.9 Å². The van der Waals surface area contributed by atoms with E-state index in [1.165, 1.54) is 38.4 Å². The van der Waals surface area contributed by atoms with Crippen LogP contribution in [0.15, 0.2) is 22.7 Å². The number of methoxy groups -OCH3 is 1. The molecule has 0 aliphatic heterocycles. The van der Waals surface area contributed by atoms with E-state index in [4.69, 9.17) is 4.74 Å². The minimum absolute atomic E-state index is 0.302. The SMILES string of the molecule is COC(=O)c1ccc(CNC2CCCCC2(C)C)c(Br)c1. The Bertz CT molecular complexity index is 514. The molecule has 1 unspecified atom stereocenters. The van der Waals surface area contributed by atoms with Crippen molar-refractivity contribution in [3.63, 3.8) is 0 Å². The average Bonchev–Trinajstić information content (AvgIpc) is 2.46. The summed E-state index contributed by atoms with van der Waals surface area (Å²) in [6.45, 7) is 5.51. The van der Waals surface area contributed by atoms with Crippen LogP contribution in [-0.2, 0) is 11.3 Å². The molecular formula is C17H24BrNO2. The maximum Gasteiger partial charge on any atom is 0.337 e. The van der Waals surface area contributed by atoms with E-state index in [9.17, 15) is 4.79 Å². The van der Waals surface area contributed by atoms with E-state index in [2.05, 4.69) is 35.1 Å². The highest BCUT2D eigenvalue weighted by Gasteiger charge is 2.31. The Kier molecular flexibility index (Phi) is 5.44. The van der Waals surface area contributed by atoms with E-state index in [0.717, 1.165) is 11.0 Å². The lowest BCUT2D eigenvalue weighted by Gasteiger charge is -2.39. The van der Waals surface area contributed by atoms with Gasteiger partial charge in [0.05, 0.1) is 12.7 Å². The van der Waals surface area contributed by atoms with Gasteiger partial charge in [0.1, 0.15) is 0 Å². The van der Waals surface area contributed by atoms with Gasteiger partial charge in [0.15, 0.2) is 0 Å². The van der Waals surface area contributed by atoms with Crippen LogP contribution in [0.1, 0.15) is 55.5 Å². The monoisotopic (exact) mass is 353 g/mol. The fraction of sp³-hybridized carbons (Fsp3) is 0.588. The highest BCUT2D eigenvalue weighted by atomic mass is 79.9. The van der Waals surface area contributed by atoms with Crippen molar-refractivity contribution in [1.29, 1.82) is 0 Å². The third kappa shape index (κ3) is 4.07. The standard InChI is InChI=1S/C17H24BrNO2/c1-17(2)9-5-4-6-15(17)19-11-13-8-7-12(10-14(13)18)16(20)21-3/h7-8,10,15,19H,4-6,9,11H2,1-3H3. The van der Waals surface area contributed by atoms with Crippen molar-refractivity contribution in [3.8, 4) is 0 Å². The topological polar surface area (TPSA) is 38.3 Å². The molecule has 0 radical (unpaired) electrons. The molecule has 3 nitrogen and oxygen atoms in total. The molecule has 4 heteroatoms. The molecule has 0 heterocycles. The summed E-state index contributed by atoms with van der Waals surface area (Å²) >= 11 is 3.55. The number of esters is 1. The molecule has 1 aliphatic carbocycles. The summed E-state index contributed by atoms with van der Waals surface area (Å²) in [4.78, 5) is 11.5. The number of carbonyl (C=O) groups is 1. The minimum Gasteiger partial charge on any atom is -0.465 e. The predicted octanol–water partition coefficient (Wildman–Crippen LogP) is 4.29. The van der Waals surface area contributed by atoms with E-state index in [0.29, 0.717) is 17.0 Å². The number of rotatable bonds is 4. The fourth-order valence-corrected chi connectivity index (χ4v) is 3.56. The Labute approximate surface area is 135 Å².